The van der Waals surface area contributed by atoms with Crippen LogP contribution in [0.15, 0.2) is 12.2 Å². The maximum absolute atomic E-state index is 5.86. The second kappa shape index (κ2) is 4.45. The SMILES string of the molecule is CC1C=CC(C)OC(C2CCCC2)O1. The first-order chi connectivity index (χ1) is 6.75. The lowest BCUT2D eigenvalue weighted by molar-refractivity contribution is -0.190. The van der Waals surface area contributed by atoms with Crippen molar-refractivity contribution in [1.29, 1.82) is 0 Å². The number of hydrogen-bond acceptors (Lipinski definition) is 2. The normalized spacial score (nSPS) is 40.0. The van der Waals surface area contributed by atoms with E-state index in [4.69, 9.17) is 9.47 Å². The lowest BCUT2D eigenvalue weighted by atomic mass is 10.1. The Morgan fingerprint density at radius 2 is 1.43 bits per heavy atom. The molecule has 14 heavy (non-hydrogen) atoms. The van der Waals surface area contributed by atoms with E-state index in [0.29, 0.717) is 5.92 Å². The minimum atomic E-state index is 0.0255. The van der Waals surface area contributed by atoms with Crippen LogP contribution < -0.4 is 0 Å². The summed E-state index contributed by atoms with van der Waals surface area (Å²) in [7, 11) is 0. The monoisotopic (exact) mass is 196 g/mol. The second-order valence-corrected chi connectivity index (χ2v) is 4.48. The average Bonchev–Trinajstić information content (AvgIpc) is 2.61. The molecule has 1 saturated carbocycles. The van der Waals surface area contributed by atoms with E-state index in [-0.39, 0.29) is 18.5 Å². The van der Waals surface area contributed by atoms with Gasteiger partial charge in [0.15, 0.2) is 6.29 Å². The lowest BCUT2D eigenvalue weighted by Crippen LogP contribution is -2.29. The molecule has 0 aromatic rings. The molecule has 0 radical (unpaired) electrons. The molecule has 0 bridgehead atoms. The summed E-state index contributed by atoms with van der Waals surface area (Å²) in [5.74, 6) is 0.625. The van der Waals surface area contributed by atoms with Crippen molar-refractivity contribution < 1.29 is 9.47 Å². The zero-order valence-electron chi connectivity index (χ0n) is 9.11. The molecule has 2 aliphatic rings. The number of rotatable bonds is 1. The molecule has 0 aromatic heterocycles. The topological polar surface area (TPSA) is 18.5 Å². The molecule has 1 heterocycles. The van der Waals surface area contributed by atoms with Gasteiger partial charge in [-0.25, -0.2) is 0 Å². The highest BCUT2D eigenvalue weighted by Gasteiger charge is 2.29. The van der Waals surface area contributed by atoms with E-state index in [0.717, 1.165) is 0 Å². The third-order valence-electron chi connectivity index (χ3n) is 3.14. The summed E-state index contributed by atoms with van der Waals surface area (Å²) < 4.78 is 11.7. The third-order valence-corrected chi connectivity index (χ3v) is 3.14. The Bertz CT molecular complexity index is 192. The molecule has 0 N–H and O–H groups in total. The zero-order valence-corrected chi connectivity index (χ0v) is 9.11. The van der Waals surface area contributed by atoms with E-state index >= 15 is 0 Å². The van der Waals surface area contributed by atoms with Crippen LogP contribution in [0.4, 0.5) is 0 Å². The number of hydrogen-bond donors (Lipinski definition) is 0. The van der Waals surface area contributed by atoms with E-state index in [1.807, 2.05) is 0 Å². The zero-order chi connectivity index (χ0) is 9.97. The quantitative estimate of drug-likeness (QED) is 0.600. The van der Waals surface area contributed by atoms with Crippen LogP contribution in [0.3, 0.4) is 0 Å². The Labute approximate surface area is 86.3 Å². The van der Waals surface area contributed by atoms with Gasteiger partial charge in [0.25, 0.3) is 0 Å². The second-order valence-electron chi connectivity index (χ2n) is 4.48. The Hall–Kier alpha value is -0.340. The summed E-state index contributed by atoms with van der Waals surface area (Å²) in [6.45, 7) is 4.17. The van der Waals surface area contributed by atoms with Crippen LogP contribution in [0.1, 0.15) is 39.5 Å². The standard InChI is InChI=1S/C12H20O2/c1-9-7-8-10(2)14-12(13-9)11-5-3-4-6-11/h7-12H,3-6H2,1-2H3. The highest BCUT2D eigenvalue weighted by Crippen LogP contribution is 2.32. The molecule has 1 fully saturated rings. The molecule has 1 aliphatic heterocycles. The summed E-state index contributed by atoms with van der Waals surface area (Å²) in [6.07, 6.45) is 9.83. The summed E-state index contributed by atoms with van der Waals surface area (Å²) in [5.41, 5.74) is 0. The van der Waals surface area contributed by atoms with Gasteiger partial charge in [0.05, 0.1) is 12.2 Å². The van der Waals surface area contributed by atoms with Crippen molar-refractivity contribution in [2.45, 2.75) is 58.0 Å². The predicted molar refractivity (Wildman–Crippen MR) is 56.0 cm³/mol. The van der Waals surface area contributed by atoms with Crippen molar-refractivity contribution in [3.8, 4) is 0 Å². The van der Waals surface area contributed by atoms with E-state index < -0.39 is 0 Å². The van der Waals surface area contributed by atoms with Crippen LogP contribution in [0.2, 0.25) is 0 Å². The minimum Gasteiger partial charge on any atom is -0.345 e. The fraction of sp³-hybridized carbons (Fsp3) is 0.833. The molecule has 0 saturated heterocycles. The minimum absolute atomic E-state index is 0.0255. The molecule has 2 atom stereocenters. The van der Waals surface area contributed by atoms with Gasteiger partial charge in [-0.1, -0.05) is 25.0 Å². The largest absolute Gasteiger partial charge is 0.345 e. The van der Waals surface area contributed by atoms with E-state index in [1.165, 1.54) is 25.7 Å². The Morgan fingerprint density at radius 1 is 0.929 bits per heavy atom. The van der Waals surface area contributed by atoms with Crippen molar-refractivity contribution in [2.75, 3.05) is 0 Å². The highest BCUT2D eigenvalue weighted by atomic mass is 16.7. The fourth-order valence-corrected chi connectivity index (χ4v) is 2.31. The molecular formula is C12H20O2. The van der Waals surface area contributed by atoms with Gasteiger partial charge in [-0.15, -0.1) is 0 Å². The van der Waals surface area contributed by atoms with Crippen LogP contribution in [0, 0.1) is 5.92 Å². The maximum atomic E-state index is 5.86. The molecule has 0 amide bonds. The van der Waals surface area contributed by atoms with Gasteiger partial charge >= 0.3 is 0 Å². The first-order valence-electron chi connectivity index (χ1n) is 5.75. The van der Waals surface area contributed by atoms with Gasteiger partial charge in [0.1, 0.15) is 0 Å². The molecular weight excluding hydrogens is 176 g/mol. The Kier molecular flexibility index (Phi) is 3.24. The Balaban J connectivity index is 1.97. The lowest BCUT2D eigenvalue weighted by Gasteiger charge is -2.25. The summed E-state index contributed by atoms with van der Waals surface area (Å²) >= 11 is 0. The highest BCUT2D eigenvalue weighted by molar-refractivity contribution is 4.94. The van der Waals surface area contributed by atoms with Gasteiger partial charge in [-0.3, -0.25) is 0 Å². The van der Waals surface area contributed by atoms with E-state index in [9.17, 15) is 0 Å². The van der Waals surface area contributed by atoms with Crippen molar-refractivity contribution >= 4 is 0 Å². The van der Waals surface area contributed by atoms with Crippen LogP contribution in [0.5, 0.6) is 0 Å². The molecule has 2 unspecified atom stereocenters. The van der Waals surface area contributed by atoms with Gasteiger partial charge in [-0.05, 0) is 26.7 Å². The van der Waals surface area contributed by atoms with Crippen molar-refractivity contribution in [3.05, 3.63) is 12.2 Å². The number of ether oxygens (including phenoxy) is 2. The first-order valence-corrected chi connectivity index (χ1v) is 5.75. The molecule has 0 spiro atoms. The predicted octanol–water partition coefficient (Wildman–Crippen LogP) is 2.88. The first kappa shape index (κ1) is 10.2. The smallest absolute Gasteiger partial charge is 0.161 e. The molecule has 80 valence electrons. The van der Waals surface area contributed by atoms with Crippen LogP contribution in [-0.4, -0.2) is 18.5 Å². The Morgan fingerprint density at radius 3 is 1.93 bits per heavy atom. The van der Waals surface area contributed by atoms with Crippen LogP contribution in [-0.2, 0) is 9.47 Å². The summed E-state index contributed by atoms with van der Waals surface area (Å²) in [6, 6.07) is 0. The van der Waals surface area contributed by atoms with E-state index in [2.05, 4.69) is 26.0 Å². The molecule has 2 nitrogen and oxygen atoms in total. The van der Waals surface area contributed by atoms with Crippen LogP contribution in [0.25, 0.3) is 0 Å². The van der Waals surface area contributed by atoms with Crippen molar-refractivity contribution in [2.24, 2.45) is 5.92 Å². The van der Waals surface area contributed by atoms with Gasteiger partial charge in [-0.2, -0.15) is 0 Å². The molecule has 1 aliphatic carbocycles. The fourth-order valence-electron chi connectivity index (χ4n) is 2.31. The third kappa shape index (κ3) is 2.37. The van der Waals surface area contributed by atoms with Crippen molar-refractivity contribution in [1.82, 2.24) is 0 Å². The maximum Gasteiger partial charge on any atom is 0.161 e. The van der Waals surface area contributed by atoms with E-state index in [1.54, 1.807) is 0 Å². The van der Waals surface area contributed by atoms with Gasteiger partial charge < -0.3 is 9.47 Å². The van der Waals surface area contributed by atoms with Gasteiger partial charge in [0, 0.05) is 5.92 Å². The molecule has 2 heteroatoms. The summed E-state index contributed by atoms with van der Waals surface area (Å²) in [5, 5.41) is 0. The molecule has 0 aromatic carbocycles. The van der Waals surface area contributed by atoms with Gasteiger partial charge in [0.2, 0.25) is 0 Å². The van der Waals surface area contributed by atoms with Crippen molar-refractivity contribution in [3.63, 3.8) is 0 Å². The average molecular weight is 196 g/mol. The molecule has 2 rings (SSSR count). The van der Waals surface area contributed by atoms with Crippen LogP contribution >= 0.6 is 0 Å². The summed E-state index contributed by atoms with van der Waals surface area (Å²) in [4.78, 5) is 0.